The summed E-state index contributed by atoms with van der Waals surface area (Å²) in [6.07, 6.45) is 6.47. The second-order valence-corrected chi connectivity index (χ2v) is 8.04. The highest BCUT2D eigenvalue weighted by Gasteiger charge is 2.17. The van der Waals surface area contributed by atoms with Crippen LogP contribution < -0.4 is 0 Å². The maximum absolute atomic E-state index is 10.4. The second-order valence-electron chi connectivity index (χ2n) is 8.04. The van der Waals surface area contributed by atoms with Crippen molar-refractivity contribution in [1.29, 1.82) is 0 Å². The number of nitrogens with zero attached hydrogens (tertiary/aromatic N) is 5. The standard InChI is InChI=1S/C22H13N3O3.C9H6N2O2/c26-13-23-19-7-1-16(2-8-19)22(17-3-9-20(10-4-17)24-14-27)18-5-11-21(12-6-18)25-15-28;12-6-10-9(11-7-13)8-4-2-1-3-5-8/h1-12,22H;1-5,9H. The molecule has 0 atom stereocenters. The zero-order valence-corrected chi connectivity index (χ0v) is 21.2. The molecular formula is C31H19N5O5. The topological polar surface area (TPSA) is 147 Å². The fourth-order valence-corrected chi connectivity index (χ4v) is 3.86. The fraction of sp³-hybridized carbons (Fsp3) is 0.0645. The Morgan fingerprint density at radius 1 is 0.390 bits per heavy atom. The summed E-state index contributed by atoms with van der Waals surface area (Å²) >= 11 is 0. The molecule has 0 bridgehead atoms. The molecular weight excluding hydrogens is 522 g/mol. The molecule has 198 valence electrons. The lowest BCUT2D eigenvalue weighted by Crippen LogP contribution is -2.03. The fourth-order valence-electron chi connectivity index (χ4n) is 3.86. The highest BCUT2D eigenvalue weighted by Crippen LogP contribution is 2.34. The van der Waals surface area contributed by atoms with Gasteiger partial charge in [-0.15, -0.1) is 0 Å². The minimum absolute atomic E-state index is 0.127. The quantitative estimate of drug-likeness (QED) is 0.142. The summed E-state index contributed by atoms with van der Waals surface area (Å²) in [5.74, 6) is -0.127. The summed E-state index contributed by atoms with van der Waals surface area (Å²) in [7, 11) is 0. The van der Waals surface area contributed by atoms with Crippen LogP contribution in [0.4, 0.5) is 17.1 Å². The molecule has 4 aromatic rings. The minimum Gasteiger partial charge on any atom is -0.211 e. The van der Waals surface area contributed by atoms with E-state index in [4.69, 9.17) is 0 Å². The molecule has 0 heterocycles. The van der Waals surface area contributed by atoms with Crippen LogP contribution in [0.3, 0.4) is 0 Å². The molecule has 0 N–H and O–H groups in total. The number of isocyanates is 5. The van der Waals surface area contributed by atoms with Gasteiger partial charge in [0, 0.05) is 5.92 Å². The third-order valence-corrected chi connectivity index (χ3v) is 5.65. The SMILES string of the molecule is O=C=NC(N=C=O)c1ccccc1.O=C=Nc1ccc(C(c2ccc(N=C=O)cc2)c2ccc(N=C=O)cc2)cc1. The molecule has 4 aromatic carbocycles. The highest BCUT2D eigenvalue weighted by molar-refractivity contribution is 5.56. The van der Waals surface area contributed by atoms with E-state index >= 15 is 0 Å². The monoisotopic (exact) mass is 541 g/mol. The lowest BCUT2D eigenvalue weighted by atomic mass is 9.85. The van der Waals surface area contributed by atoms with E-state index in [0.29, 0.717) is 22.6 Å². The molecule has 0 aromatic heterocycles. The average Bonchev–Trinajstić information content (AvgIpc) is 3.01. The molecule has 0 saturated carbocycles. The molecule has 0 radical (unpaired) electrons. The summed E-state index contributed by atoms with van der Waals surface area (Å²) in [5.41, 5.74) is 5.14. The van der Waals surface area contributed by atoms with Crippen molar-refractivity contribution in [3.8, 4) is 0 Å². The van der Waals surface area contributed by atoms with Crippen LogP contribution in [0.2, 0.25) is 0 Å². The molecule has 0 saturated heterocycles. The van der Waals surface area contributed by atoms with Crippen molar-refractivity contribution in [2.45, 2.75) is 12.1 Å². The van der Waals surface area contributed by atoms with E-state index in [1.807, 2.05) is 42.5 Å². The van der Waals surface area contributed by atoms with E-state index in [0.717, 1.165) is 16.7 Å². The smallest absolute Gasteiger partial charge is 0.211 e. The van der Waals surface area contributed by atoms with Crippen molar-refractivity contribution in [3.63, 3.8) is 0 Å². The number of rotatable bonds is 9. The Morgan fingerprint density at radius 3 is 1.02 bits per heavy atom. The van der Waals surface area contributed by atoms with Crippen LogP contribution in [0.25, 0.3) is 0 Å². The zero-order chi connectivity index (χ0) is 29.3. The molecule has 4 rings (SSSR count). The van der Waals surface area contributed by atoms with Gasteiger partial charge in [0.25, 0.3) is 0 Å². The number of aliphatic imine (C=N–C) groups is 5. The van der Waals surface area contributed by atoms with Gasteiger partial charge in [-0.3, -0.25) is 0 Å². The Morgan fingerprint density at radius 2 is 0.732 bits per heavy atom. The summed E-state index contributed by atoms with van der Waals surface area (Å²) in [6.45, 7) is 0. The molecule has 10 nitrogen and oxygen atoms in total. The lowest BCUT2D eigenvalue weighted by molar-refractivity contribution is 0.551. The van der Waals surface area contributed by atoms with Crippen molar-refractivity contribution in [2.24, 2.45) is 25.0 Å². The second kappa shape index (κ2) is 15.9. The van der Waals surface area contributed by atoms with E-state index in [2.05, 4.69) is 25.0 Å². The molecule has 0 spiro atoms. The first-order valence-electron chi connectivity index (χ1n) is 11.9. The van der Waals surface area contributed by atoms with Gasteiger partial charge in [0.1, 0.15) is 0 Å². The molecule has 41 heavy (non-hydrogen) atoms. The number of hydrogen-bond acceptors (Lipinski definition) is 10. The Bertz CT molecular complexity index is 1530. The van der Waals surface area contributed by atoms with Crippen molar-refractivity contribution >= 4 is 47.5 Å². The maximum atomic E-state index is 10.4. The third kappa shape index (κ3) is 8.66. The van der Waals surface area contributed by atoms with E-state index in [9.17, 15) is 24.0 Å². The van der Waals surface area contributed by atoms with Crippen LogP contribution in [0.15, 0.2) is 128 Å². The van der Waals surface area contributed by atoms with Gasteiger partial charge in [-0.2, -0.15) is 25.0 Å². The molecule has 10 heteroatoms. The van der Waals surface area contributed by atoms with E-state index in [1.165, 1.54) is 30.4 Å². The van der Waals surface area contributed by atoms with E-state index in [-0.39, 0.29) is 5.92 Å². The third-order valence-electron chi connectivity index (χ3n) is 5.65. The van der Waals surface area contributed by atoms with Crippen LogP contribution in [0.5, 0.6) is 0 Å². The van der Waals surface area contributed by atoms with Crippen molar-refractivity contribution in [1.82, 2.24) is 0 Å². The first-order chi connectivity index (χ1) is 20.1. The van der Waals surface area contributed by atoms with Crippen molar-refractivity contribution in [2.75, 3.05) is 0 Å². The normalized spacial score (nSPS) is 10.7. The van der Waals surface area contributed by atoms with Gasteiger partial charge in [0.15, 0.2) is 6.17 Å². The summed E-state index contributed by atoms with van der Waals surface area (Å²) in [6, 6.07) is 30.5. The predicted molar refractivity (Wildman–Crippen MR) is 149 cm³/mol. The van der Waals surface area contributed by atoms with Crippen molar-refractivity contribution < 1.29 is 24.0 Å². The largest absolute Gasteiger partial charge is 0.240 e. The number of carbonyl (C=O) groups excluding carboxylic acids is 5. The summed E-state index contributed by atoms with van der Waals surface area (Å²) in [5, 5.41) is 0. The van der Waals surface area contributed by atoms with E-state index < -0.39 is 6.17 Å². The Kier molecular flexibility index (Phi) is 11.4. The number of benzene rings is 4. The van der Waals surface area contributed by atoms with Gasteiger partial charge in [-0.25, -0.2) is 24.0 Å². The maximum Gasteiger partial charge on any atom is 0.240 e. The van der Waals surface area contributed by atoms with Crippen molar-refractivity contribution in [3.05, 3.63) is 125 Å². The summed E-state index contributed by atoms with van der Waals surface area (Å²) in [4.78, 5) is 68.8. The van der Waals surface area contributed by atoms with Gasteiger partial charge < -0.3 is 0 Å². The minimum atomic E-state index is -0.809. The molecule has 0 aliphatic heterocycles. The molecule has 0 unspecified atom stereocenters. The first kappa shape index (κ1) is 29.3. The zero-order valence-electron chi connectivity index (χ0n) is 21.2. The first-order valence-corrected chi connectivity index (χ1v) is 11.9. The van der Waals surface area contributed by atoms with Crippen LogP contribution in [-0.4, -0.2) is 30.4 Å². The Hall–Kier alpha value is -6.22. The van der Waals surface area contributed by atoms with Crippen LogP contribution in [-0.2, 0) is 24.0 Å². The van der Waals surface area contributed by atoms with Crippen LogP contribution in [0.1, 0.15) is 34.3 Å². The molecule has 0 amide bonds. The Balaban J connectivity index is 0.000000298. The number of hydrogen-bond donors (Lipinski definition) is 0. The van der Waals surface area contributed by atoms with Crippen LogP contribution in [0, 0.1) is 0 Å². The molecule has 0 aliphatic rings. The van der Waals surface area contributed by atoms with Gasteiger partial charge in [-0.05, 0) is 58.7 Å². The summed E-state index contributed by atoms with van der Waals surface area (Å²) < 4.78 is 0. The lowest BCUT2D eigenvalue weighted by Gasteiger charge is -2.19. The van der Waals surface area contributed by atoms with Crippen LogP contribution >= 0.6 is 0 Å². The van der Waals surface area contributed by atoms with Gasteiger partial charge in [-0.1, -0.05) is 66.7 Å². The van der Waals surface area contributed by atoms with E-state index in [1.54, 1.807) is 60.7 Å². The average molecular weight is 542 g/mol. The van der Waals surface area contributed by atoms with Gasteiger partial charge in [0.05, 0.1) is 17.1 Å². The molecule has 0 aliphatic carbocycles. The highest BCUT2D eigenvalue weighted by atomic mass is 16.1. The van der Waals surface area contributed by atoms with Gasteiger partial charge in [0.2, 0.25) is 30.4 Å². The predicted octanol–water partition coefficient (Wildman–Crippen LogP) is 6.13. The Labute approximate surface area is 233 Å². The van der Waals surface area contributed by atoms with Gasteiger partial charge >= 0.3 is 0 Å². The molecule has 0 fully saturated rings.